The maximum atomic E-state index is 13.6. The van der Waals surface area contributed by atoms with Gasteiger partial charge in [0.25, 0.3) is 0 Å². The number of nitrogens with zero attached hydrogens (tertiary/aromatic N) is 2. The number of amides is 2. The van der Waals surface area contributed by atoms with Crippen molar-refractivity contribution < 1.29 is 22.7 Å². The summed E-state index contributed by atoms with van der Waals surface area (Å²) in [5, 5.41) is 2.90. The minimum atomic E-state index is -3.76. The lowest BCUT2D eigenvalue weighted by atomic mass is 10.1. The molecule has 2 amide bonds. The summed E-state index contributed by atoms with van der Waals surface area (Å²) in [5.41, 5.74) is 2.63. The van der Waals surface area contributed by atoms with Crippen LogP contribution in [0.1, 0.15) is 44.4 Å². The number of carbonyl (C=O) groups is 2. The van der Waals surface area contributed by atoms with E-state index in [2.05, 4.69) is 5.32 Å². The third-order valence-corrected chi connectivity index (χ3v) is 6.78. The number of hydrogen-bond donors (Lipinski definition) is 1. The molecule has 2 aromatic carbocycles. The van der Waals surface area contributed by atoms with Crippen molar-refractivity contribution in [1.82, 2.24) is 10.2 Å². The number of hydrogen-bond acceptors (Lipinski definition) is 5. The van der Waals surface area contributed by atoms with Crippen molar-refractivity contribution in [2.24, 2.45) is 0 Å². The zero-order chi connectivity index (χ0) is 26.6. The first-order valence-corrected chi connectivity index (χ1v) is 13.3. The summed E-state index contributed by atoms with van der Waals surface area (Å²) in [5.74, 6) is -0.138. The minimum absolute atomic E-state index is 0.131. The first-order chi connectivity index (χ1) is 16.1. The minimum Gasteiger partial charge on any atom is -0.497 e. The molecule has 0 spiro atoms. The van der Waals surface area contributed by atoms with E-state index in [-0.39, 0.29) is 12.5 Å². The summed E-state index contributed by atoms with van der Waals surface area (Å²) in [7, 11) is -2.20. The second-order valence-corrected chi connectivity index (χ2v) is 11.7. The highest BCUT2D eigenvalue weighted by atomic mass is 32.2. The molecule has 0 radical (unpaired) electrons. The number of carbonyl (C=O) groups excluding carboxylic acids is 2. The predicted molar refractivity (Wildman–Crippen MR) is 139 cm³/mol. The number of methoxy groups -OCH3 is 1. The molecule has 0 fully saturated rings. The molecule has 0 heterocycles. The van der Waals surface area contributed by atoms with E-state index in [4.69, 9.17) is 4.74 Å². The van der Waals surface area contributed by atoms with Crippen LogP contribution in [0.15, 0.2) is 42.5 Å². The standard InChI is InChI=1S/C26H37N3O5S/c1-18-9-12-22(15-19(18)2)29(35(8,32)33)17-24(30)28(20(3)25(31)27-26(4,5)6)16-21-10-13-23(34-7)14-11-21/h9-15,20H,16-17H2,1-8H3,(H,27,31)/t20-/m0/s1. The fraction of sp³-hybridized carbons (Fsp3) is 0.462. The van der Waals surface area contributed by atoms with Gasteiger partial charge in [0.2, 0.25) is 21.8 Å². The first kappa shape index (κ1) is 28.2. The van der Waals surface area contributed by atoms with E-state index in [1.807, 2.05) is 52.8 Å². The summed E-state index contributed by atoms with van der Waals surface area (Å²) in [4.78, 5) is 28.0. The highest BCUT2D eigenvalue weighted by Crippen LogP contribution is 2.22. The zero-order valence-corrected chi connectivity index (χ0v) is 22.7. The van der Waals surface area contributed by atoms with Crippen molar-refractivity contribution in [2.75, 3.05) is 24.2 Å². The Hall–Kier alpha value is -3.07. The van der Waals surface area contributed by atoms with Gasteiger partial charge in [0.1, 0.15) is 18.3 Å². The van der Waals surface area contributed by atoms with Crippen LogP contribution in [0, 0.1) is 13.8 Å². The molecule has 1 N–H and O–H groups in total. The molecule has 9 heteroatoms. The fourth-order valence-electron chi connectivity index (χ4n) is 3.48. The molecular formula is C26H37N3O5S. The molecule has 0 aliphatic carbocycles. The van der Waals surface area contributed by atoms with Gasteiger partial charge in [0.15, 0.2) is 0 Å². The Bertz CT molecular complexity index is 1150. The van der Waals surface area contributed by atoms with Gasteiger partial charge in [-0.2, -0.15) is 0 Å². The number of benzene rings is 2. The molecule has 8 nitrogen and oxygen atoms in total. The summed E-state index contributed by atoms with van der Waals surface area (Å²) in [6, 6.07) is 11.6. The summed E-state index contributed by atoms with van der Waals surface area (Å²) in [6.07, 6.45) is 1.07. The number of anilines is 1. The molecule has 0 aromatic heterocycles. The van der Waals surface area contributed by atoms with E-state index >= 15 is 0 Å². The molecule has 35 heavy (non-hydrogen) atoms. The van der Waals surface area contributed by atoms with Gasteiger partial charge < -0.3 is 15.0 Å². The van der Waals surface area contributed by atoms with Gasteiger partial charge >= 0.3 is 0 Å². The van der Waals surface area contributed by atoms with Crippen molar-refractivity contribution in [2.45, 2.75) is 59.7 Å². The maximum Gasteiger partial charge on any atom is 0.244 e. The summed E-state index contributed by atoms with van der Waals surface area (Å²) >= 11 is 0. The van der Waals surface area contributed by atoms with Gasteiger partial charge in [0.05, 0.1) is 19.1 Å². The van der Waals surface area contributed by atoms with E-state index in [1.54, 1.807) is 38.3 Å². The Morgan fingerprint density at radius 3 is 2.11 bits per heavy atom. The molecule has 1 atom stereocenters. The molecular weight excluding hydrogens is 466 g/mol. The molecule has 192 valence electrons. The third-order valence-electron chi connectivity index (χ3n) is 5.64. The number of nitrogens with one attached hydrogen (secondary N) is 1. The van der Waals surface area contributed by atoms with Crippen LogP contribution in [0.5, 0.6) is 5.75 Å². The van der Waals surface area contributed by atoms with E-state index < -0.39 is 34.1 Å². The molecule has 0 bridgehead atoms. The largest absolute Gasteiger partial charge is 0.497 e. The highest BCUT2D eigenvalue weighted by molar-refractivity contribution is 7.92. The van der Waals surface area contributed by atoms with Crippen LogP contribution in [0.4, 0.5) is 5.69 Å². The van der Waals surface area contributed by atoms with Gasteiger partial charge in [-0.3, -0.25) is 13.9 Å². The lowest BCUT2D eigenvalue weighted by molar-refractivity contribution is -0.140. The van der Waals surface area contributed by atoms with E-state index in [0.29, 0.717) is 11.4 Å². The van der Waals surface area contributed by atoms with Crippen LogP contribution in [-0.2, 0) is 26.2 Å². The van der Waals surface area contributed by atoms with Crippen LogP contribution in [0.2, 0.25) is 0 Å². The molecule has 2 rings (SSSR count). The van der Waals surface area contributed by atoms with Gasteiger partial charge in [-0.15, -0.1) is 0 Å². The third kappa shape index (κ3) is 7.99. The van der Waals surface area contributed by atoms with Crippen molar-refractivity contribution >= 4 is 27.5 Å². The van der Waals surface area contributed by atoms with Crippen molar-refractivity contribution in [3.8, 4) is 5.75 Å². The number of rotatable bonds is 9. The average Bonchev–Trinajstić information content (AvgIpc) is 2.75. The zero-order valence-electron chi connectivity index (χ0n) is 21.9. The quantitative estimate of drug-likeness (QED) is 0.566. The lowest BCUT2D eigenvalue weighted by Gasteiger charge is -2.33. The predicted octanol–water partition coefficient (Wildman–Crippen LogP) is 3.41. The second-order valence-electron chi connectivity index (χ2n) is 9.82. The van der Waals surface area contributed by atoms with Crippen LogP contribution >= 0.6 is 0 Å². The molecule has 0 saturated carbocycles. The van der Waals surface area contributed by atoms with Gasteiger partial charge in [-0.05, 0) is 82.5 Å². The molecule has 0 unspecified atom stereocenters. The van der Waals surface area contributed by atoms with Gasteiger partial charge in [0, 0.05) is 12.1 Å². The van der Waals surface area contributed by atoms with Crippen LogP contribution < -0.4 is 14.4 Å². The van der Waals surface area contributed by atoms with E-state index in [0.717, 1.165) is 27.3 Å². The summed E-state index contributed by atoms with van der Waals surface area (Å²) in [6.45, 7) is 10.7. The smallest absolute Gasteiger partial charge is 0.244 e. The molecule has 2 aromatic rings. The van der Waals surface area contributed by atoms with Gasteiger partial charge in [-0.25, -0.2) is 8.42 Å². The maximum absolute atomic E-state index is 13.6. The normalized spacial score (nSPS) is 12.6. The Kier molecular flexibility index (Phi) is 8.94. The highest BCUT2D eigenvalue weighted by Gasteiger charge is 2.31. The Balaban J connectivity index is 2.42. The SMILES string of the molecule is COc1ccc(CN(C(=O)CN(c2ccc(C)c(C)c2)S(C)(=O)=O)[C@@H](C)C(=O)NC(C)(C)C)cc1. The lowest BCUT2D eigenvalue weighted by Crippen LogP contribution is -2.54. The fourth-order valence-corrected chi connectivity index (χ4v) is 4.32. The van der Waals surface area contributed by atoms with E-state index in [1.165, 1.54) is 4.90 Å². The average molecular weight is 504 g/mol. The Morgan fingerprint density at radius 1 is 1.03 bits per heavy atom. The molecule has 0 aliphatic rings. The van der Waals surface area contributed by atoms with Crippen molar-refractivity contribution in [1.29, 1.82) is 0 Å². The van der Waals surface area contributed by atoms with Crippen LogP contribution in [-0.4, -0.2) is 56.6 Å². The first-order valence-electron chi connectivity index (χ1n) is 11.4. The van der Waals surface area contributed by atoms with Crippen LogP contribution in [0.3, 0.4) is 0 Å². The summed E-state index contributed by atoms with van der Waals surface area (Å²) < 4.78 is 31.6. The van der Waals surface area contributed by atoms with Crippen molar-refractivity contribution in [3.05, 3.63) is 59.2 Å². The molecule has 0 saturated heterocycles. The second kappa shape index (κ2) is 11.1. The van der Waals surface area contributed by atoms with Crippen molar-refractivity contribution in [3.63, 3.8) is 0 Å². The topological polar surface area (TPSA) is 96.0 Å². The number of aryl methyl sites for hydroxylation is 2. The van der Waals surface area contributed by atoms with Crippen LogP contribution in [0.25, 0.3) is 0 Å². The number of ether oxygens (including phenoxy) is 1. The van der Waals surface area contributed by atoms with E-state index in [9.17, 15) is 18.0 Å². The molecule has 0 aliphatic heterocycles. The monoisotopic (exact) mass is 503 g/mol. The van der Waals surface area contributed by atoms with Gasteiger partial charge in [-0.1, -0.05) is 18.2 Å². The number of sulfonamides is 1. The Labute approximate surface area is 209 Å². The Morgan fingerprint density at radius 2 is 1.63 bits per heavy atom.